The van der Waals surface area contributed by atoms with Crippen LogP contribution in [0.1, 0.15) is 26.3 Å². The minimum atomic E-state index is 0.222. The van der Waals surface area contributed by atoms with Crippen LogP contribution in [-0.2, 0) is 6.42 Å². The van der Waals surface area contributed by atoms with E-state index in [-0.39, 0.29) is 6.10 Å². The van der Waals surface area contributed by atoms with Gasteiger partial charge in [0.15, 0.2) is 0 Å². The molecule has 2 aromatic carbocycles. The first-order chi connectivity index (χ1) is 8.69. The van der Waals surface area contributed by atoms with Gasteiger partial charge >= 0.3 is 0 Å². The number of rotatable bonds is 4. The molecule has 0 N–H and O–H groups in total. The van der Waals surface area contributed by atoms with Crippen molar-refractivity contribution in [1.82, 2.24) is 0 Å². The Morgan fingerprint density at radius 1 is 0.833 bits per heavy atom. The van der Waals surface area contributed by atoms with E-state index in [1.807, 2.05) is 26.0 Å². The summed E-state index contributed by atoms with van der Waals surface area (Å²) in [6.45, 7) is 6.25. The third-order valence-electron chi connectivity index (χ3n) is 2.92. The number of hydrogen-bond acceptors (Lipinski definition) is 1. The second-order valence-electron chi connectivity index (χ2n) is 4.74. The summed E-state index contributed by atoms with van der Waals surface area (Å²) >= 11 is 0. The van der Waals surface area contributed by atoms with E-state index in [2.05, 4.69) is 43.3 Å². The minimum absolute atomic E-state index is 0.222. The zero-order valence-corrected chi connectivity index (χ0v) is 11.3. The van der Waals surface area contributed by atoms with Crippen LogP contribution in [0.2, 0.25) is 0 Å². The van der Waals surface area contributed by atoms with Gasteiger partial charge in [0, 0.05) is 0 Å². The average Bonchev–Trinajstić information content (AvgIpc) is 2.39. The summed E-state index contributed by atoms with van der Waals surface area (Å²) < 4.78 is 5.64. The van der Waals surface area contributed by atoms with E-state index in [4.69, 9.17) is 4.74 Å². The summed E-state index contributed by atoms with van der Waals surface area (Å²) in [7, 11) is 0. The molecular formula is C17H20O. The van der Waals surface area contributed by atoms with Gasteiger partial charge in [-0.1, -0.05) is 43.3 Å². The van der Waals surface area contributed by atoms with Gasteiger partial charge in [0.05, 0.1) is 6.10 Å². The Labute approximate surface area is 109 Å². The summed E-state index contributed by atoms with van der Waals surface area (Å²) in [5.74, 6) is 0.930. The first kappa shape index (κ1) is 12.7. The topological polar surface area (TPSA) is 9.23 Å². The van der Waals surface area contributed by atoms with Gasteiger partial charge in [-0.2, -0.15) is 0 Å². The van der Waals surface area contributed by atoms with Crippen molar-refractivity contribution in [3.05, 3.63) is 54.1 Å². The summed E-state index contributed by atoms with van der Waals surface area (Å²) in [5.41, 5.74) is 3.86. The predicted molar refractivity (Wildman–Crippen MR) is 77.0 cm³/mol. The van der Waals surface area contributed by atoms with Crippen LogP contribution in [0.5, 0.6) is 5.75 Å². The van der Waals surface area contributed by atoms with Gasteiger partial charge < -0.3 is 4.74 Å². The Hall–Kier alpha value is -1.76. The van der Waals surface area contributed by atoms with E-state index in [1.54, 1.807) is 0 Å². The molecule has 0 spiro atoms. The molecule has 1 heteroatoms. The van der Waals surface area contributed by atoms with E-state index in [9.17, 15) is 0 Å². The fourth-order valence-corrected chi connectivity index (χ4v) is 1.93. The molecule has 0 heterocycles. The van der Waals surface area contributed by atoms with E-state index >= 15 is 0 Å². The van der Waals surface area contributed by atoms with Gasteiger partial charge in [-0.15, -0.1) is 0 Å². The normalized spacial score (nSPS) is 10.7. The maximum atomic E-state index is 5.64. The molecule has 2 aromatic rings. The number of hydrogen-bond donors (Lipinski definition) is 0. The Balaban J connectivity index is 2.17. The molecule has 0 unspecified atom stereocenters. The highest BCUT2D eigenvalue weighted by Gasteiger charge is 2.00. The largest absolute Gasteiger partial charge is 0.491 e. The monoisotopic (exact) mass is 240 g/mol. The van der Waals surface area contributed by atoms with Gasteiger partial charge in [0.1, 0.15) is 5.75 Å². The maximum absolute atomic E-state index is 5.64. The summed E-state index contributed by atoms with van der Waals surface area (Å²) in [6, 6.07) is 17.0. The van der Waals surface area contributed by atoms with Crippen LogP contribution in [0.3, 0.4) is 0 Å². The van der Waals surface area contributed by atoms with Crippen LogP contribution < -0.4 is 4.74 Å². The molecular weight excluding hydrogens is 220 g/mol. The van der Waals surface area contributed by atoms with E-state index < -0.39 is 0 Å². The Morgan fingerprint density at radius 3 is 1.78 bits per heavy atom. The van der Waals surface area contributed by atoms with Crippen molar-refractivity contribution in [2.45, 2.75) is 33.3 Å². The molecule has 0 aromatic heterocycles. The zero-order chi connectivity index (χ0) is 13.0. The van der Waals surface area contributed by atoms with Gasteiger partial charge in [0.25, 0.3) is 0 Å². The number of aryl methyl sites for hydroxylation is 1. The quantitative estimate of drug-likeness (QED) is 0.752. The van der Waals surface area contributed by atoms with Crippen LogP contribution in [-0.4, -0.2) is 6.10 Å². The van der Waals surface area contributed by atoms with Crippen LogP contribution in [0.25, 0.3) is 11.1 Å². The van der Waals surface area contributed by atoms with Crippen LogP contribution in [0, 0.1) is 0 Å². The predicted octanol–water partition coefficient (Wildman–Crippen LogP) is 4.70. The summed E-state index contributed by atoms with van der Waals surface area (Å²) in [4.78, 5) is 0. The van der Waals surface area contributed by atoms with Crippen molar-refractivity contribution < 1.29 is 4.74 Å². The molecule has 0 fully saturated rings. The first-order valence-corrected chi connectivity index (χ1v) is 6.55. The SMILES string of the molecule is CCc1ccc(-c2ccc(OC(C)C)cc2)cc1. The minimum Gasteiger partial charge on any atom is -0.491 e. The van der Waals surface area contributed by atoms with Gasteiger partial charge in [0.2, 0.25) is 0 Å². The van der Waals surface area contributed by atoms with Crippen molar-refractivity contribution in [3.63, 3.8) is 0 Å². The molecule has 0 saturated heterocycles. The van der Waals surface area contributed by atoms with Crippen molar-refractivity contribution in [2.75, 3.05) is 0 Å². The second-order valence-corrected chi connectivity index (χ2v) is 4.74. The molecule has 0 radical (unpaired) electrons. The highest BCUT2D eigenvalue weighted by molar-refractivity contribution is 5.64. The van der Waals surface area contributed by atoms with Crippen LogP contribution in [0.15, 0.2) is 48.5 Å². The van der Waals surface area contributed by atoms with Gasteiger partial charge in [-0.05, 0) is 49.1 Å². The third kappa shape index (κ3) is 3.13. The Bertz CT molecular complexity index is 480. The lowest BCUT2D eigenvalue weighted by atomic mass is 10.0. The molecule has 0 bridgehead atoms. The summed E-state index contributed by atoms with van der Waals surface area (Å²) in [5, 5.41) is 0. The molecule has 0 saturated carbocycles. The zero-order valence-electron chi connectivity index (χ0n) is 11.3. The molecule has 94 valence electrons. The lowest BCUT2D eigenvalue weighted by Gasteiger charge is -2.10. The summed E-state index contributed by atoms with van der Waals surface area (Å²) in [6.07, 6.45) is 1.31. The van der Waals surface area contributed by atoms with Crippen molar-refractivity contribution in [3.8, 4) is 16.9 Å². The van der Waals surface area contributed by atoms with Crippen LogP contribution in [0.4, 0.5) is 0 Å². The van der Waals surface area contributed by atoms with E-state index in [1.165, 1.54) is 16.7 Å². The van der Waals surface area contributed by atoms with Crippen LogP contribution >= 0.6 is 0 Å². The standard InChI is InChI=1S/C17H20O/c1-4-14-5-7-15(8-6-14)16-9-11-17(12-10-16)18-13(2)3/h5-13H,4H2,1-3H3. The highest BCUT2D eigenvalue weighted by atomic mass is 16.5. The molecule has 0 aliphatic heterocycles. The maximum Gasteiger partial charge on any atom is 0.119 e. The number of ether oxygens (including phenoxy) is 1. The third-order valence-corrected chi connectivity index (χ3v) is 2.92. The van der Waals surface area contributed by atoms with Crippen molar-refractivity contribution >= 4 is 0 Å². The molecule has 0 amide bonds. The lowest BCUT2D eigenvalue weighted by Crippen LogP contribution is -2.05. The van der Waals surface area contributed by atoms with Crippen molar-refractivity contribution in [1.29, 1.82) is 0 Å². The van der Waals surface area contributed by atoms with E-state index in [0.29, 0.717) is 0 Å². The molecule has 0 aliphatic carbocycles. The fraction of sp³-hybridized carbons (Fsp3) is 0.294. The Kier molecular flexibility index (Phi) is 4.03. The highest BCUT2D eigenvalue weighted by Crippen LogP contribution is 2.23. The van der Waals surface area contributed by atoms with Gasteiger partial charge in [-0.3, -0.25) is 0 Å². The molecule has 0 atom stereocenters. The number of benzene rings is 2. The molecule has 18 heavy (non-hydrogen) atoms. The molecule has 2 rings (SSSR count). The van der Waals surface area contributed by atoms with Crippen molar-refractivity contribution in [2.24, 2.45) is 0 Å². The van der Waals surface area contributed by atoms with Gasteiger partial charge in [-0.25, -0.2) is 0 Å². The molecule has 0 aliphatic rings. The second kappa shape index (κ2) is 5.72. The van der Waals surface area contributed by atoms with E-state index in [0.717, 1.165) is 12.2 Å². The fourth-order valence-electron chi connectivity index (χ4n) is 1.93. The smallest absolute Gasteiger partial charge is 0.119 e. The lowest BCUT2D eigenvalue weighted by molar-refractivity contribution is 0.242. The average molecular weight is 240 g/mol. The Morgan fingerprint density at radius 2 is 1.33 bits per heavy atom. The first-order valence-electron chi connectivity index (χ1n) is 6.55. The molecule has 1 nitrogen and oxygen atoms in total.